The number of carbonyl (C=O) groups is 2. The fourth-order valence-electron chi connectivity index (χ4n) is 4.81. The number of carbonyl (C=O) groups excluding carboxylic acids is 2. The number of ether oxygens (including phenoxy) is 1. The van der Waals surface area contributed by atoms with Gasteiger partial charge >= 0.3 is 6.09 Å². The van der Waals surface area contributed by atoms with Crippen LogP contribution in [0.3, 0.4) is 0 Å². The Hall–Kier alpha value is -4.20. The van der Waals surface area contributed by atoms with E-state index >= 15 is 0 Å². The summed E-state index contributed by atoms with van der Waals surface area (Å²) in [4.78, 5) is 40.2. The van der Waals surface area contributed by atoms with Crippen molar-refractivity contribution < 1.29 is 14.3 Å². The fraction of sp³-hybridized carbons (Fsp3) is 0.394. The molecule has 1 aromatic heterocycles. The van der Waals surface area contributed by atoms with E-state index in [2.05, 4.69) is 46.4 Å². The first-order valence-electron chi connectivity index (χ1n) is 14.1. The lowest BCUT2D eigenvalue weighted by Crippen LogP contribution is -2.35. The molecule has 2 heterocycles. The molecule has 0 radical (unpaired) electrons. The fourth-order valence-corrected chi connectivity index (χ4v) is 4.81. The average molecular weight is 556 g/mol. The van der Waals surface area contributed by atoms with Crippen molar-refractivity contribution in [3.63, 3.8) is 0 Å². The van der Waals surface area contributed by atoms with Gasteiger partial charge in [0.2, 0.25) is 0 Å². The molecule has 0 aliphatic carbocycles. The van der Waals surface area contributed by atoms with Gasteiger partial charge in [0.05, 0.1) is 0 Å². The Morgan fingerprint density at radius 1 is 1.12 bits per heavy atom. The highest BCUT2D eigenvalue weighted by Crippen LogP contribution is 2.27. The number of fused-ring (bicyclic) bond motifs is 1. The second-order valence-corrected chi connectivity index (χ2v) is 11.5. The van der Waals surface area contributed by atoms with Crippen LogP contribution in [0.1, 0.15) is 60.4 Å². The maximum atomic E-state index is 13.5. The summed E-state index contributed by atoms with van der Waals surface area (Å²) in [6.07, 6.45) is 7.20. The zero-order valence-corrected chi connectivity index (χ0v) is 25.0. The minimum Gasteiger partial charge on any atom is -0.444 e. The standard InChI is InChI=1S/C33H41N5O3/c1-24-34-23-29-30(35-24)36(5)20-21-38(31(29)39)28-17-11-13-25(22-28)12-10-16-27(26-14-8-7-9-15-26)18-19-37(6)32(40)41-33(2,3)4/h7-11,13-17,22-23,27H,12,18-21H2,1-6H3/b16-10-. The van der Waals surface area contributed by atoms with Crippen molar-refractivity contribution in [2.75, 3.05) is 43.5 Å². The lowest BCUT2D eigenvalue weighted by molar-refractivity contribution is 0.0295. The van der Waals surface area contributed by atoms with Crippen LogP contribution in [0.4, 0.5) is 16.3 Å². The number of nitrogens with zero attached hydrogens (tertiary/aromatic N) is 5. The maximum absolute atomic E-state index is 13.5. The highest BCUT2D eigenvalue weighted by Gasteiger charge is 2.28. The first kappa shape index (κ1) is 29.8. The number of aryl methyl sites for hydroxylation is 1. The number of hydrogen-bond acceptors (Lipinski definition) is 6. The molecule has 1 aliphatic heterocycles. The molecule has 3 aromatic rings. The molecule has 0 N–H and O–H groups in total. The summed E-state index contributed by atoms with van der Waals surface area (Å²) in [5.74, 6) is 1.38. The summed E-state index contributed by atoms with van der Waals surface area (Å²) in [6, 6.07) is 18.5. The summed E-state index contributed by atoms with van der Waals surface area (Å²) in [7, 11) is 3.73. The third-order valence-corrected chi connectivity index (χ3v) is 7.04. The predicted molar refractivity (Wildman–Crippen MR) is 164 cm³/mol. The Bertz CT molecular complexity index is 1380. The molecule has 8 nitrogen and oxygen atoms in total. The van der Waals surface area contributed by atoms with Crippen LogP contribution < -0.4 is 9.80 Å². The summed E-state index contributed by atoms with van der Waals surface area (Å²) in [5.41, 5.74) is 3.17. The van der Waals surface area contributed by atoms with Gasteiger partial charge < -0.3 is 19.4 Å². The molecule has 0 spiro atoms. The van der Waals surface area contributed by atoms with Crippen LogP contribution in [0.25, 0.3) is 0 Å². The molecule has 8 heteroatoms. The highest BCUT2D eigenvalue weighted by molar-refractivity contribution is 6.09. The predicted octanol–water partition coefficient (Wildman–Crippen LogP) is 6.02. The van der Waals surface area contributed by atoms with Gasteiger partial charge in [0.1, 0.15) is 22.8 Å². The van der Waals surface area contributed by atoms with E-state index in [-0.39, 0.29) is 17.9 Å². The Morgan fingerprint density at radius 2 is 1.88 bits per heavy atom. The number of benzene rings is 2. The van der Waals surface area contributed by atoms with E-state index < -0.39 is 5.60 Å². The Kier molecular flexibility index (Phi) is 9.42. The van der Waals surface area contributed by atoms with Crippen molar-refractivity contribution in [1.82, 2.24) is 14.9 Å². The molecular formula is C33H41N5O3. The van der Waals surface area contributed by atoms with E-state index in [4.69, 9.17) is 4.74 Å². The average Bonchev–Trinajstić information content (AvgIpc) is 3.05. The van der Waals surface area contributed by atoms with Gasteiger partial charge in [0, 0.05) is 51.5 Å². The first-order chi connectivity index (χ1) is 19.5. The van der Waals surface area contributed by atoms with Crippen LogP contribution in [0.5, 0.6) is 0 Å². The molecule has 1 unspecified atom stereocenters. The van der Waals surface area contributed by atoms with Gasteiger partial charge in [-0.1, -0.05) is 54.6 Å². The quantitative estimate of drug-likeness (QED) is 0.316. The van der Waals surface area contributed by atoms with Crippen LogP contribution in [-0.4, -0.2) is 66.2 Å². The van der Waals surface area contributed by atoms with E-state index in [1.807, 2.05) is 74.9 Å². The molecule has 1 atom stereocenters. The summed E-state index contributed by atoms with van der Waals surface area (Å²) in [6.45, 7) is 9.27. The molecule has 41 heavy (non-hydrogen) atoms. The van der Waals surface area contributed by atoms with Crippen molar-refractivity contribution in [3.8, 4) is 0 Å². The van der Waals surface area contributed by atoms with Gasteiger partial charge in [-0.2, -0.15) is 0 Å². The third kappa shape index (κ3) is 7.93. The minimum atomic E-state index is -0.525. The molecule has 216 valence electrons. The Balaban J connectivity index is 1.47. The third-order valence-electron chi connectivity index (χ3n) is 7.04. The zero-order valence-electron chi connectivity index (χ0n) is 25.0. The molecule has 1 aliphatic rings. The van der Waals surface area contributed by atoms with Crippen LogP contribution in [0.15, 0.2) is 72.9 Å². The molecule has 0 bridgehead atoms. The molecule has 4 rings (SSSR count). The van der Waals surface area contributed by atoms with E-state index in [9.17, 15) is 9.59 Å². The number of likely N-dealkylation sites (N-methyl/N-ethyl adjacent to an activating group) is 1. The zero-order chi connectivity index (χ0) is 29.6. The Labute approximate surface area is 243 Å². The van der Waals surface area contributed by atoms with E-state index in [1.165, 1.54) is 5.56 Å². The van der Waals surface area contributed by atoms with Gasteiger partial charge in [-0.25, -0.2) is 14.8 Å². The minimum absolute atomic E-state index is 0.0877. The number of amides is 2. The number of rotatable bonds is 8. The topological polar surface area (TPSA) is 78.9 Å². The molecule has 0 fully saturated rings. The van der Waals surface area contributed by atoms with Crippen LogP contribution in [0, 0.1) is 6.92 Å². The number of aromatic nitrogens is 2. The molecule has 0 saturated carbocycles. The van der Waals surface area contributed by atoms with Crippen LogP contribution in [0.2, 0.25) is 0 Å². The van der Waals surface area contributed by atoms with Crippen molar-refractivity contribution in [2.45, 2.75) is 52.1 Å². The normalized spacial score (nSPS) is 14.5. The van der Waals surface area contributed by atoms with Gasteiger partial charge in [0.25, 0.3) is 5.91 Å². The second-order valence-electron chi connectivity index (χ2n) is 11.5. The van der Waals surface area contributed by atoms with Crippen molar-refractivity contribution in [2.24, 2.45) is 0 Å². The van der Waals surface area contributed by atoms with Gasteiger partial charge in [-0.15, -0.1) is 0 Å². The smallest absolute Gasteiger partial charge is 0.410 e. The van der Waals surface area contributed by atoms with Crippen LogP contribution in [-0.2, 0) is 11.2 Å². The summed E-state index contributed by atoms with van der Waals surface area (Å²) >= 11 is 0. The Morgan fingerprint density at radius 3 is 2.61 bits per heavy atom. The molecule has 2 aromatic carbocycles. The maximum Gasteiger partial charge on any atom is 0.410 e. The summed E-state index contributed by atoms with van der Waals surface area (Å²) in [5, 5.41) is 0. The molecular weight excluding hydrogens is 514 g/mol. The monoisotopic (exact) mass is 555 g/mol. The van der Waals surface area contributed by atoms with Crippen molar-refractivity contribution in [1.29, 1.82) is 0 Å². The lowest BCUT2D eigenvalue weighted by Gasteiger charge is -2.25. The molecule has 0 saturated heterocycles. The van der Waals surface area contributed by atoms with Crippen molar-refractivity contribution in [3.05, 3.63) is 95.5 Å². The van der Waals surface area contributed by atoms with Crippen LogP contribution >= 0.6 is 0 Å². The molecule has 2 amide bonds. The highest BCUT2D eigenvalue weighted by atomic mass is 16.6. The van der Waals surface area contributed by atoms with Gasteiger partial charge in [0.15, 0.2) is 0 Å². The van der Waals surface area contributed by atoms with E-state index in [0.29, 0.717) is 36.8 Å². The first-order valence-corrected chi connectivity index (χ1v) is 14.1. The van der Waals surface area contributed by atoms with Gasteiger partial charge in [-0.05, 0) is 63.8 Å². The number of anilines is 2. The number of hydrogen-bond donors (Lipinski definition) is 0. The van der Waals surface area contributed by atoms with Crippen molar-refractivity contribution >= 4 is 23.5 Å². The second kappa shape index (κ2) is 13.0. The van der Waals surface area contributed by atoms with E-state index in [1.54, 1.807) is 18.1 Å². The summed E-state index contributed by atoms with van der Waals surface area (Å²) < 4.78 is 5.52. The lowest BCUT2D eigenvalue weighted by atomic mass is 9.94. The van der Waals surface area contributed by atoms with E-state index in [0.717, 1.165) is 24.1 Å². The largest absolute Gasteiger partial charge is 0.444 e. The SMILES string of the molecule is Cc1ncc2c(n1)N(C)CCN(c1cccc(C/C=C\C(CCN(C)C(=O)OC(C)(C)C)c3ccccc3)c1)C2=O. The number of allylic oxidation sites excluding steroid dienone is 2. The van der Waals surface area contributed by atoms with Gasteiger partial charge in [-0.3, -0.25) is 4.79 Å².